The smallest absolute Gasteiger partial charge is 0.128 e. The third kappa shape index (κ3) is 3.97. The molecule has 2 unspecified atom stereocenters. The van der Waals surface area contributed by atoms with Crippen molar-refractivity contribution in [2.75, 3.05) is 20.1 Å². The van der Waals surface area contributed by atoms with Crippen LogP contribution < -0.4 is 5.32 Å². The lowest BCUT2D eigenvalue weighted by atomic mass is 9.88. The monoisotopic (exact) mass is 312 g/mol. The van der Waals surface area contributed by atoms with Crippen molar-refractivity contribution in [2.45, 2.75) is 45.2 Å². The van der Waals surface area contributed by atoms with Gasteiger partial charge in [-0.15, -0.1) is 0 Å². The predicted octanol–water partition coefficient (Wildman–Crippen LogP) is 4.25. The summed E-state index contributed by atoms with van der Waals surface area (Å²) < 4.78 is 14.4. The molecule has 1 fully saturated rings. The molecule has 1 aromatic carbocycles. The van der Waals surface area contributed by atoms with Gasteiger partial charge in [-0.25, -0.2) is 4.39 Å². The average Bonchev–Trinajstić information content (AvgIpc) is 2.64. The fraction of sp³-hybridized carbons (Fsp3) is 0.647. The van der Waals surface area contributed by atoms with Gasteiger partial charge < -0.3 is 5.32 Å². The SMILES string of the molecule is CNCC1CCCCN(C(C)C)C1c1cc(Cl)ccc1F. The quantitative estimate of drug-likeness (QED) is 0.894. The van der Waals surface area contributed by atoms with Crippen LogP contribution in [0.25, 0.3) is 0 Å². The molecule has 2 nitrogen and oxygen atoms in total. The van der Waals surface area contributed by atoms with Crippen LogP contribution in [-0.2, 0) is 0 Å². The lowest BCUT2D eigenvalue weighted by molar-refractivity contribution is 0.116. The highest BCUT2D eigenvalue weighted by molar-refractivity contribution is 6.30. The molecule has 1 aromatic rings. The lowest BCUT2D eigenvalue weighted by Crippen LogP contribution is -2.40. The molecule has 2 rings (SSSR count). The zero-order chi connectivity index (χ0) is 15.4. The van der Waals surface area contributed by atoms with Crippen LogP contribution in [0, 0.1) is 11.7 Å². The van der Waals surface area contributed by atoms with Crippen molar-refractivity contribution in [2.24, 2.45) is 5.92 Å². The van der Waals surface area contributed by atoms with E-state index in [1.54, 1.807) is 6.07 Å². The molecular formula is C17H26ClFN2. The minimum Gasteiger partial charge on any atom is -0.319 e. The Morgan fingerprint density at radius 2 is 2.14 bits per heavy atom. The number of nitrogens with one attached hydrogen (secondary N) is 1. The minimum atomic E-state index is -0.141. The van der Waals surface area contributed by atoms with E-state index in [2.05, 4.69) is 24.1 Å². The van der Waals surface area contributed by atoms with E-state index >= 15 is 0 Å². The number of likely N-dealkylation sites (tertiary alicyclic amines) is 1. The Morgan fingerprint density at radius 1 is 1.38 bits per heavy atom. The van der Waals surface area contributed by atoms with Gasteiger partial charge in [-0.1, -0.05) is 18.0 Å². The third-order valence-electron chi connectivity index (χ3n) is 4.45. The summed E-state index contributed by atoms with van der Waals surface area (Å²) in [5.41, 5.74) is 0.748. The van der Waals surface area contributed by atoms with E-state index < -0.39 is 0 Å². The Morgan fingerprint density at radius 3 is 2.81 bits per heavy atom. The van der Waals surface area contributed by atoms with Gasteiger partial charge in [0.1, 0.15) is 5.82 Å². The van der Waals surface area contributed by atoms with Crippen LogP contribution >= 0.6 is 11.6 Å². The number of halogens is 2. The number of nitrogens with zero attached hydrogens (tertiary/aromatic N) is 1. The summed E-state index contributed by atoms with van der Waals surface area (Å²) in [6.45, 7) is 6.31. The fourth-order valence-electron chi connectivity index (χ4n) is 3.50. The largest absolute Gasteiger partial charge is 0.319 e. The Bertz CT molecular complexity index is 464. The standard InChI is InChI=1S/C17H26ClFN2/c1-12(2)21-9-5-4-6-13(11-20-3)17(21)15-10-14(18)7-8-16(15)19/h7-8,10,12-13,17,20H,4-6,9,11H2,1-3H3. The van der Waals surface area contributed by atoms with Crippen molar-refractivity contribution in [3.05, 3.63) is 34.6 Å². The molecule has 0 amide bonds. The van der Waals surface area contributed by atoms with Crippen molar-refractivity contribution in [3.63, 3.8) is 0 Å². The highest BCUT2D eigenvalue weighted by Crippen LogP contribution is 2.38. The highest BCUT2D eigenvalue weighted by atomic mass is 35.5. The minimum absolute atomic E-state index is 0.0960. The second kappa shape index (κ2) is 7.57. The molecule has 1 aliphatic heterocycles. The summed E-state index contributed by atoms with van der Waals surface area (Å²) in [6, 6.07) is 5.43. The normalized spacial score (nSPS) is 24.3. The molecule has 0 aliphatic carbocycles. The van der Waals surface area contributed by atoms with E-state index in [0.717, 1.165) is 25.1 Å². The Hall–Kier alpha value is -0.640. The molecule has 21 heavy (non-hydrogen) atoms. The van der Waals surface area contributed by atoms with Gasteiger partial charge in [0.05, 0.1) is 0 Å². The molecule has 0 radical (unpaired) electrons. The molecule has 0 aromatic heterocycles. The van der Waals surface area contributed by atoms with Gasteiger partial charge in [-0.2, -0.15) is 0 Å². The van der Waals surface area contributed by atoms with Crippen molar-refractivity contribution >= 4 is 11.6 Å². The molecule has 1 aliphatic rings. The van der Waals surface area contributed by atoms with E-state index in [4.69, 9.17) is 11.6 Å². The average molecular weight is 313 g/mol. The summed E-state index contributed by atoms with van der Waals surface area (Å²) >= 11 is 6.13. The lowest BCUT2D eigenvalue weighted by Gasteiger charge is -2.38. The summed E-state index contributed by atoms with van der Waals surface area (Å²) in [5.74, 6) is 0.269. The molecular weight excluding hydrogens is 287 g/mol. The fourth-order valence-corrected chi connectivity index (χ4v) is 3.68. The first-order valence-corrected chi connectivity index (χ1v) is 8.27. The molecule has 1 saturated heterocycles. The van der Waals surface area contributed by atoms with Crippen LogP contribution in [0.1, 0.15) is 44.7 Å². The second-order valence-electron chi connectivity index (χ2n) is 6.26. The van der Waals surface area contributed by atoms with Gasteiger partial charge >= 0.3 is 0 Å². The first-order valence-electron chi connectivity index (χ1n) is 7.90. The maximum atomic E-state index is 14.4. The number of benzene rings is 1. The van der Waals surface area contributed by atoms with E-state index in [1.807, 2.05) is 13.1 Å². The molecule has 118 valence electrons. The van der Waals surface area contributed by atoms with Crippen LogP contribution in [0.2, 0.25) is 5.02 Å². The van der Waals surface area contributed by atoms with Crippen molar-refractivity contribution < 1.29 is 4.39 Å². The molecule has 4 heteroatoms. The molecule has 2 atom stereocenters. The van der Waals surface area contributed by atoms with E-state index in [1.165, 1.54) is 18.9 Å². The summed E-state index contributed by atoms with van der Waals surface area (Å²) in [6.07, 6.45) is 3.51. The zero-order valence-electron chi connectivity index (χ0n) is 13.2. The van der Waals surface area contributed by atoms with E-state index in [0.29, 0.717) is 17.0 Å². The highest BCUT2D eigenvalue weighted by Gasteiger charge is 2.33. The van der Waals surface area contributed by atoms with Gasteiger partial charge in [-0.05, 0) is 70.9 Å². The molecule has 0 saturated carbocycles. The topological polar surface area (TPSA) is 15.3 Å². The predicted molar refractivity (Wildman–Crippen MR) is 87.3 cm³/mol. The van der Waals surface area contributed by atoms with Gasteiger partial charge in [0, 0.05) is 22.7 Å². The third-order valence-corrected chi connectivity index (χ3v) is 4.69. The number of rotatable bonds is 4. The molecule has 1 N–H and O–H groups in total. The van der Waals surface area contributed by atoms with Crippen LogP contribution in [0.4, 0.5) is 4.39 Å². The van der Waals surface area contributed by atoms with Crippen LogP contribution in [-0.4, -0.2) is 31.1 Å². The Balaban J connectivity index is 2.44. The second-order valence-corrected chi connectivity index (χ2v) is 6.69. The number of hydrogen-bond acceptors (Lipinski definition) is 2. The molecule has 1 heterocycles. The summed E-state index contributed by atoms with van der Waals surface area (Å²) in [7, 11) is 1.97. The van der Waals surface area contributed by atoms with E-state index in [-0.39, 0.29) is 11.9 Å². The van der Waals surface area contributed by atoms with Crippen molar-refractivity contribution in [1.29, 1.82) is 0 Å². The van der Waals surface area contributed by atoms with Crippen molar-refractivity contribution in [1.82, 2.24) is 10.2 Å². The first kappa shape index (κ1) is 16.7. The Labute approximate surface area is 132 Å². The van der Waals surface area contributed by atoms with Gasteiger partial charge in [0.25, 0.3) is 0 Å². The van der Waals surface area contributed by atoms with E-state index in [9.17, 15) is 4.39 Å². The van der Waals surface area contributed by atoms with Gasteiger partial charge in [-0.3, -0.25) is 4.90 Å². The zero-order valence-corrected chi connectivity index (χ0v) is 14.0. The van der Waals surface area contributed by atoms with Crippen LogP contribution in [0.15, 0.2) is 18.2 Å². The molecule has 0 spiro atoms. The van der Waals surface area contributed by atoms with Gasteiger partial charge in [0.2, 0.25) is 0 Å². The maximum absolute atomic E-state index is 14.4. The van der Waals surface area contributed by atoms with Gasteiger partial charge in [0.15, 0.2) is 0 Å². The number of hydrogen-bond donors (Lipinski definition) is 1. The summed E-state index contributed by atoms with van der Waals surface area (Å²) in [5, 5.41) is 3.89. The van der Waals surface area contributed by atoms with Crippen LogP contribution in [0.3, 0.4) is 0 Å². The maximum Gasteiger partial charge on any atom is 0.128 e. The van der Waals surface area contributed by atoms with Crippen LogP contribution in [0.5, 0.6) is 0 Å². The molecule has 0 bridgehead atoms. The summed E-state index contributed by atoms with van der Waals surface area (Å²) in [4.78, 5) is 2.43. The van der Waals surface area contributed by atoms with Crippen molar-refractivity contribution in [3.8, 4) is 0 Å². The first-order chi connectivity index (χ1) is 10.0. The Kier molecular flexibility index (Phi) is 6.03.